The molecule has 1 saturated heterocycles. The largest absolute Gasteiger partial charge is 0.452 e. The van der Waals surface area contributed by atoms with Gasteiger partial charge < -0.3 is 10.1 Å². The Balaban J connectivity index is 1.47. The summed E-state index contributed by atoms with van der Waals surface area (Å²) in [4.78, 5) is 49.6. The zero-order chi connectivity index (χ0) is 20.9. The first-order valence-electron chi connectivity index (χ1n) is 9.39. The van der Waals surface area contributed by atoms with Crippen molar-refractivity contribution in [1.29, 1.82) is 0 Å². The first-order chi connectivity index (χ1) is 13.9. The van der Waals surface area contributed by atoms with Crippen LogP contribution in [-0.2, 0) is 19.1 Å². The van der Waals surface area contributed by atoms with Crippen molar-refractivity contribution in [3.63, 3.8) is 0 Å². The molecule has 1 heterocycles. The standard InChI is InChI=1S/C20H23N3O5S/c1-29-15-8-5-14(6-9-15)7-10-17(25)28-13-16(24)22-23-18(26)20(21-19(23)27)11-3-2-4-12-20/h5-10H,2-4,11-13H2,1H3,(H,21,27)(H,22,24)/b10-7+. The molecule has 3 rings (SSSR count). The third-order valence-electron chi connectivity index (χ3n) is 4.98. The molecular weight excluding hydrogens is 394 g/mol. The summed E-state index contributed by atoms with van der Waals surface area (Å²) in [5, 5.41) is 3.37. The van der Waals surface area contributed by atoms with Crippen LogP contribution in [0.15, 0.2) is 35.2 Å². The number of urea groups is 1. The van der Waals surface area contributed by atoms with E-state index in [1.165, 1.54) is 6.08 Å². The van der Waals surface area contributed by atoms with Crippen molar-refractivity contribution in [2.24, 2.45) is 0 Å². The topological polar surface area (TPSA) is 105 Å². The van der Waals surface area contributed by atoms with E-state index >= 15 is 0 Å². The Morgan fingerprint density at radius 1 is 1.21 bits per heavy atom. The average Bonchev–Trinajstić information content (AvgIpc) is 2.95. The number of hydrogen-bond donors (Lipinski definition) is 2. The van der Waals surface area contributed by atoms with E-state index < -0.39 is 36.0 Å². The summed E-state index contributed by atoms with van der Waals surface area (Å²) >= 11 is 1.62. The maximum atomic E-state index is 12.6. The van der Waals surface area contributed by atoms with E-state index in [-0.39, 0.29) is 0 Å². The molecule has 9 heteroatoms. The minimum Gasteiger partial charge on any atom is -0.452 e. The number of rotatable bonds is 6. The minimum absolute atomic E-state index is 0.463. The summed E-state index contributed by atoms with van der Waals surface area (Å²) in [7, 11) is 0. The predicted octanol–water partition coefficient (Wildman–Crippen LogP) is 2.25. The van der Waals surface area contributed by atoms with Crippen LogP contribution in [0.4, 0.5) is 4.79 Å². The smallest absolute Gasteiger partial charge is 0.344 e. The van der Waals surface area contributed by atoms with Crippen LogP contribution in [0.3, 0.4) is 0 Å². The van der Waals surface area contributed by atoms with Crippen molar-refractivity contribution >= 4 is 41.7 Å². The molecule has 0 unspecified atom stereocenters. The van der Waals surface area contributed by atoms with E-state index in [9.17, 15) is 19.2 Å². The number of nitrogens with one attached hydrogen (secondary N) is 2. The zero-order valence-corrected chi connectivity index (χ0v) is 16.9. The molecule has 0 aromatic heterocycles. The van der Waals surface area contributed by atoms with E-state index in [2.05, 4.69) is 10.7 Å². The molecule has 1 aliphatic heterocycles. The fraction of sp³-hybridized carbons (Fsp3) is 0.400. The Kier molecular flexibility index (Phi) is 6.58. The molecule has 8 nitrogen and oxygen atoms in total. The maximum Gasteiger partial charge on any atom is 0.344 e. The van der Waals surface area contributed by atoms with Gasteiger partial charge in [0.1, 0.15) is 5.54 Å². The predicted molar refractivity (Wildman–Crippen MR) is 108 cm³/mol. The molecule has 154 valence electrons. The van der Waals surface area contributed by atoms with Crippen molar-refractivity contribution in [3.8, 4) is 0 Å². The van der Waals surface area contributed by atoms with Gasteiger partial charge in [-0.2, -0.15) is 5.01 Å². The molecular formula is C20H23N3O5S. The number of carbonyl (C=O) groups excluding carboxylic acids is 4. The number of amides is 4. The Hall–Kier alpha value is -2.81. The van der Waals surface area contributed by atoms with Gasteiger partial charge in [0.05, 0.1) is 0 Å². The highest BCUT2D eigenvalue weighted by Crippen LogP contribution is 2.32. The molecule has 4 amide bonds. The van der Waals surface area contributed by atoms with Crippen LogP contribution in [0.5, 0.6) is 0 Å². The van der Waals surface area contributed by atoms with Crippen LogP contribution in [-0.4, -0.2) is 47.2 Å². The van der Waals surface area contributed by atoms with Crippen LogP contribution >= 0.6 is 11.8 Å². The van der Waals surface area contributed by atoms with E-state index in [1.54, 1.807) is 17.8 Å². The average molecular weight is 417 g/mol. The monoisotopic (exact) mass is 417 g/mol. The lowest BCUT2D eigenvalue weighted by Gasteiger charge is -2.30. The molecule has 0 radical (unpaired) electrons. The Morgan fingerprint density at radius 2 is 1.90 bits per heavy atom. The summed E-state index contributed by atoms with van der Waals surface area (Å²) in [6.07, 6.45) is 8.59. The van der Waals surface area contributed by atoms with Crippen LogP contribution < -0.4 is 10.7 Å². The maximum absolute atomic E-state index is 12.6. The normalized spacial score (nSPS) is 18.2. The van der Waals surface area contributed by atoms with Crippen LogP contribution in [0, 0.1) is 0 Å². The first kappa shape index (κ1) is 20.9. The van der Waals surface area contributed by atoms with Gasteiger partial charge in [0.2, 0.25) is 0 Å². The van der Waals surface area contributed by atoms with Gasteiger partial charge >= 0.3 is 12.0 Å². The molecule has 2 aliphatic rings. The summed E-state index contributed by atoms with van der Waals surface area (Å²) in [5.41, 5.74) is 2.12. The molecule has 1 aromatic rings. The third kappa shape index (κ3) is 4.97. The van der Waals surface area contributed by atoms with E-state index in [4.69, 9.17) is 4.74 Å². The highest BCUT2D eigenvalue weighted by atomic mass is 32.2. The number of hydrogen-bond acceptors (Lipinski definition) is 6. The number of benzene rings is 1. The second-order valence-electron chi connectivity index (χ2n) is 6.96. The van der Waals surface area contributed by atoms with Crippen LogP contribution in [0.25, 0.3) is 6.08 Å². The van der Waals surface area contributed by atoms with Crippen molar-refractivity contribution < 1.29 is 23.9 Å². The van der Waals surface area contributed by atoms with E-state index in [0.29, 0.717) is 17.9 Å². The third-order valence-corrected chi connectivity index (χ3v) is 5.72. The molecule has 0 bridgehead atoms. The highest BCUT2D eigenvalue weighted by Gasteiger charge is 2.52. The van der Waals surface area contributed by atoms with E-state index in [0.717, 1.165) is 29.7 Å². The molecule has 2 fully saturated rings. The van der Waals surface area contributed by atoms with Gasteiger partial charge in [-0.05, 0) is 42.9 Å². The van der Waals surface area contributed by atoms with Gasteiger partial charge in [0.15, 0.2) is 6.61 Å². The van der Waals surface area contributed by atoms with Crippen molar-refractivity contribution in [1.82, 2.24) is 15.8 Å². The van der Waals surface area contributed by atoms with Crippen LogP contribution in [0.2, 0.25) is 0 Å². The lowest BCUT2D eigenvalue weighted by molar-refractivity contribution is -0.147. The Labute approximate surface area is 173 Å². The van der Waals surface area contributed by atoms with Gasteiger partial charge in [0, 0.05) is 11.0 Å². The Morgan fingerprint density at radius 3 is 2.55 bits per heavy atom. The van der Waals surface area contributed by atoms with Gasteiger partial charge in [-0.15, -0.1) is 11.8 Å². The number of nitrogens with zero attached hydrogens (tertiary/aromatic N) is 1. The molecule has 2 N–H and O–H groups in total. The van der Waals surface area contributed by atoms with Gasteiger partial charge in [0.25, 0.3) is 11.8 Å². The molecule has 0 atom stereocenters. The fourth-order valence-corrected chi connectivity index (χ4v) is 3.85. The number of ether oxygens (including phenoxy) is 1. The number of imide groups is 1. The number of esters is 1. The van der Waals surface area contributed by atoms with Crippen LogP contribution in [0.1, 0.15) is 37.7 Å². The number of hydrazine groups is 1. The number of thioether (sulfide) groups is 1. The summed E-state index contributed by atoms with van der Waals surface area (Å²) in [6.45, 7) is -0.599. The first-order valence-corrected chi connectivity index (χ1v) is 10.6. The molecule has 1 aromatic carbocycles. The summed E-state index contributed by atoms with van der Waals surface area (Å²) in [5.74, 6) is -1.92. The second-order valence-corrected chi connectivity index (χ2v) is 7.84. The van der Waals surface area contributed by atoms with Crippen molar-refractivity contribution in [3.05, 3.63) is 35.9 Å². The lowest BCUT2D eigenvalue weighted by atomic mass is 9.82. The zero-order valence-electron chi connectivity index (χ0n) is 16.1. The Bertz CT molecular complexity index is 831. The quantitative estimate of drug-likeness (QED) is 0.318. The lowest BCUT2D eigenvalue weighted by Crippen LogP contribution is -2.51. The van der Waals surface area contributed by atoms with Gasteiger partial charge in [-0.1, -0.05) is 31.4 Å². The summed E-state index contributed by atoms with van der Waals surface area (Å²) < 4.78 is 4.88. The highest BCUT2D eigenvalue weighted by molar-refractivity contribution is 7.98. The molecule has 29 heavy (non-hydrogen) atoms. The number of carbonyl (C=O) groups is 4. The summed E-state index contributed by atoms with van der Waals surface area (Å²) in [6, 6.07) is 6.92. The van der Waals surface area contributed by atoms with Crippen molar-refractivity contribution in [2.45, 2.75) is 42.5 Å². The minimum atomic E-state index is -0.923. The fourth-order valence-electron chi connectivity index (χ4n) is 3.44. The molecule has 1 saturated carbocycles. The molecule has 1 aliphatic carbocycles. The van der Waals surface area contributed by atoms with E-state index in [1.807, 2.05) is 30.5 Å². The second kappa shape index (κ2) is 9.13. The van der Waals surface area contributed by atoms with Gasteiger partial charge in [-0.3, -0.25) is 15.0 Å². The SMILES string of the molecule is CSc1ccc(/C=C/C(=O)OCC(=O)NN2C(=O)NC3(CCCCC3)C2=O)cc1. The van der Waals surface area contributed by atoms with Crippen molar-refractivity contribution in [2.75, 3.05) is 12.9 Å². The molecule has 1 spiro atoms. The van der Waals surface area contributed by atoms with Gasteiger partial charge in [-0.25, -0.2) is 9.59 Å².